The molecular formula is C47H57N13O6. The molecule has 6 aromatic rings. The number of aromatic nitrogens is 4. The van der Waals surface area contributed by atoms with E-state index in [4.69, 9.17) is 17.2 Å². The van der Waals surface area contributed by atoms with Crippen LogP contribution >= 0.6 is 0 Å². The zero-order valence-electron chi connectivity index (χ0n) is 36.4. The zero-order chi connectivity index (χ0) is 47.0. The second-order valence-corrected chi connectivity index (χ2v) is 16.0. The van der Waals surface area contributed by atoms with Crippen LogP contribution in [0.25, 0.3) is 21.8 Å². The van der Waals surface area contributed by atoms with E-state index in [-0.39, 0.29) is 38.6 Å². The Kier molecular flexibility index (Phi) is 16.8. The first-order valence-electron chi connectivity index (χ1n) is 21.7. The summed E-state index contributed by atoms with van der Waals surface area (Å²) < 4.78 is 0. The van der Waals surface area contributed by atoms with Crippen LogP contribution < -0.4 is 43.9 Å². The maximum Gasteiger partial charge on any atom is 0.337 e. The minimum atomic E-state index is -1.33. The van der Waals surface area contributed by atoms with Crippen LogP contribution in [0, 0.1) is 0 Å². The lowest BCUT2D eigenvalue weighted by molar-refractivity contribution is -0.132. The summed E-state index contributed by atoms with van der Waals surface area (Å²) in [6.45, 7) is 3.94. The predicted octanol–water partition coefficient (Wildman–Crippen LogP) is 1.64. The molecule has 7 amide bonds. The van der Waals surface area contributed by atoms with Gasteiger partial charge in [-0.05, 0) is 54.6 Å². The van der Waals surface area contributed by atoms with Crippen molar-refractivity contribution in [3.63, 3.8) is 0 Å². The topological polar surface area (TPSA) is 304 Å². The van der Waals surface area contributed by atoms with Gasteiger partial charge in [0.25, 0.3) is 5.91 Å². The molecule has 0 aliphatic carbocycles. The first kappa shape index (κ1) is 47.7. The van der Waals surface area contributed by atoms with Gasteiger partial charge in [-0.25, -0.2) is 14.8 Å². The number of amides is 7. The minimum Gasteiger partial charge on any atom is -0.368 e. The summed E-state index contributed by atoms with van der Waals surface area (Å²) in [6, 6.07) is 17.2. The van der Waals surface area contributed by atoms with Crippen molar-refractivity contribution in [3.05, 3.63) is 139 Å². The molecule has 14 N–H and O–H groups in total. The van der Waals surface area contributed by atoms with Crippen molar-refractivity contribution >= 4 is 57.4 Å². The number of nitrogens with two attached hydrogens (primary N) is 3. The number of aromatic amines is 3. The number of hydrogen-bond acceptors (Lipinski definition) is 9. The van der Waals surface area contributed by atoms with E-state index in [1.807, 2.05) is 54.6 Å². The van der Waals surface area contributed by atoms with E-state index in [0.29, 0.717) is 36.2 Å². The summed E-state index contributed by atoms with van der Waals surface area (Å²) in [7, 11) is 0. The number of urea groups is 1. The molecule has 0 aliphatic rings. The third kappa shape index (κ3) is 12.9. The highest BCUT2D eigenvalue weighted by Gasteiger charge is 2.33. The molecule has 19 heteroatoms. The van der Waals surface area contributed by atoms with E-state index in [0.717, 1.165) is 32.4 Å². The Balaban J connectivity index is 1.26. The first-order valence-corrected chi connectivity index (χ1v) is 21.7. The van der Waals surface area contributed by atoms with Crippen molar-refractivity contribution in [3.8, 4) is 0 Å². The van der Waals surface area contributed by atoms with Gasteiger partial charge in [-0.3, -0.25) is 29.4 Å². The molecule has 0 unspecified atom stereocenters. The molecule has 0 bridgehead atoms. The van der Waals surface area contributed by atoms with Gasteiger partial charge in [0, 0.05) is 71.8 Å². The van der Waals surface area contributed by atoms with E-state index in [1.165, 1.54) is 12.4 Å². The largest absolute Gasteiger partial charge is 0.368 e. The van der Waals surface area contributed by atoms with E-state index in [2.05, 4.69) is 53.2 Å². The lowest BCUT2D eigenvalue weighted by atomic mass is 10.0. The van der Waals surface area contributed by atoms with Crippen molar-refractivity contribution in [2.75, 3.05) is 13.1 Å². The van der Waals surface area contributed by atoms with Gasteiger partial charge < -0.3 is 53.4 Å². The number of hydrazine groups is 1. The fourth-order valence-electron chi connectivity index (χ4n) is 7.59. The molecule has 0 saturated carbocycles. The summed E-state index contributed by atoms with van der Waals surface area (Å²) >= 11 is 0. The molecule has 0 radical (unpaired) electrons. The third-order valence-corrected chi connectivity index (χ3v) is 11.1. The molecule has 19 nitrogen and oxygen atoms in total. The van der Waals surface area contributed by atoms with Crippen molar-refractivity contribution in [1.82, 2.24) is 51.6 Å². The van der Waals surface area contributed by atoms with Crippen molar-refractivity contribution in [1.29, 1.82) is 0 Å². The molecule has 0 saturated heterocycles. The second kappa shape index (κ2) is 23.2. The lowest BCUT2D eigenvalue weighted by Gasteiger charge is -2.29. The lowest BCUT2D eigenvalue weighted by Crippen LogP contribution is -2.61. The van der Waals surface area contributed by atoms with Crippen LogP contribution in [0.5, 0.6) is 0 Å². The highest BCUT2D eigenvalue weighted by atomic mass is 16.2. The molecule has 66 heavy (non-hydrogen) atoms. The Bertz CT molecular complexity index is 2590. The molecule has 0 spiro atoms. The molecule has 6 rings (SSSR count). The van der Waals surface area contributed by atoms with Gasteiger partial charge in [-0.15, -0.1) is 6.58 Å². The number of imidazole rings is 1. The molecule has 0 fully saturated rings. The molecule has 3 aromatic heterocycles. The van der Waals surface area contributed by atoms with Crippen LogP contribution in [0.1, 0.15) is 41.6 Å². The van der Waals surface area contributed by atoms with Gasteiger partial charge in [0.1, 0.15) is 24.2 Å². The van der Waals surface area contributed by atoms with Gasteiger partial charge in [-0.1, -0.05) is 72.8 Å². The number of fused-ring (bicyclic) bond motifs is 2. The maximum atomic E-state index is 14.6. The number of unbranched alkanes of at least 4 members (excludes halogenated alkanes) is 1. The van der Waals surface area contributed by atoms with Crippen LogP contribution in [0.3, 0.4) is 0 Å². The van der Waals surface area contributed by atoms with Gasteiger partial charge in [0.15, 0.2) is 0 Å². The average Bonchev–Trinajstić information content (AvgIpc) is 4.09. The first-order chi connectivity index (χ1) is 31.9. The second-order valence-electron chi connectivity index (χ2n) is 16.0. The van der Waals surface area contributed by atoms with Crippen molar-refractivity contribution in [2.45, 2.75) is 75.2 Å². The number of nitrogens with zero attached hydrogens (tertiary/aromatic N) is 2. The average molecular weight is 900 g/mol. The summed E-state index contributed by atoms with van der Waals surface area (Å²) in [5, 5.41) is 13.6. The molecule has 346 valence electrons. The van der Waals surface area contributed by atoms with Crippen LogP contribution in [-0.4, -0.2) is 104 Å². The quantitative estimate of drug-likeness (QED) is 0.0253. The fourth-order valence-corrected chi connectivity index (χ4v) is 7.59. The number of rotatable bonds is 23. The van der Waals surface area contributed by atoms with Crippen molar-refractivity contribution in [2.24, 2.45) is 17.2 Å². The van der Waals surface area contributed by atoms with Gasteiger partial charge in [0.2, 0.25) is 23.6 Å². The molecule has 3 aromatic carbocycles. The van der Waals surface area contributed by atoms with Crippen LogP contribution in [0.4, 0.5) is 4.79 Å². The fraction of sp³-hybridized carbons (Fsp3) is 0.298. The molecular weight excluding hydrogens is 843 g/mol. The Hall–Kier alpha value is -7.77. The Morgan fingerprint density at radius 1 is 0.667 bits per heavy atom. The number of hydrogen-bond donors (Lipinski definition) is 11. The number of para-hydroxylation sites is 2. The zero-order valence-corrected chi connectivity index (χ0v) is 36.4. The molecule has 3 heterocycles. The Labute approximate surface area is 381 Å². The van der Waals surface area contributed by atoms with E-state index in [9.17, 15) is 28.8 Å². The molecule has 5 atom stereocenters. The molecule has 0 aliphatic heterocycles. The normalized spacial score (nSPS) is 13.4. The highest BCUT2D eigenvalue weighted by Crippen LogP contribution is 2.21. The summed E-state index contributed by atoms with van der Waals surface area (Å²) in [5.41, 5.74) is 24.6. The number of carbonyl (C=O) groups excluding carboxylic acids is 6. The van der Waals surface area contributed by atoms with Gasteiger partial charge in [0.05, 0.1) is 18.9 Å². The van der Waals surface area contributed by atoms with Crippen molar-refractivity contribution < 1.29 is 28.8 Å². The van der Waals surface area contributed by atoms with Crippen LogP contribution in [0.15, 0.2) is 116 Å². The third-order valence-electron chi connectivity index (χ3n) is 11.1. The Morgan fingerprint density at radius 2 is 1.23 bits per heavy atom. The number of H-pyrrole nitrogens is 3. The number of primary amides is 1. The number of benzene rings is 3. The van der Waals surface area contributed by atoms with Gasteiger partial charge in [-0.2, -0.15) is 0 Å². The van der Waals surface area contributed by atoms with E-state index < -0.39 is 65.8 Å². The summed E-state index contributed by atoms with van der Waals surface area (Å²) in [6.07, 6.45) is 9.38. The highest BCUT2D eigenvalue weighted by molar-refractivity contribution is 5.96. The standard InChI is InChI=1S/C47H57N13O6/c1-2-20-60(59-46(65)41(23-31-26-53-37-17-9-7-15-34(31)37)56-43(62)35(49)24-32-27-51-28-54-32)47(66)58-40(22-30-25-52-36-16-8-6-14-33(30)36)45(64)57-39(21-29-12-4-3-5-13-29)44(63)55-38(42(50)61)18-10-11-19-48/h2-9,12-17,25-28,35,38-41,52-53H,1,10-11,18-24,48-49H2,(H2,50,61)(H,51,54)(H,55,63)(H,56,62)(H,57,64)(H,58,66)(H,59,65)/t35-,38-,39+,40-,41+/m0/s1. The number of carbonyl (C=O) groups is 6. The SMILES string of the molecule is C=CCN(NC(=O)[C@@H](Cc1c[nH]c2ccccc12)NC(=O)[C@@H](N)Cc1cnc[nH]1)C(=O)N[C@@H](Cc1c[nH]c2ccccc12)C(=O)N[C@H](Cc1ccccc1)C(=O)N[C@@H](CCCCN)C(N)=O. The van der Waals surface area contributed by atoms with Crippen LogP contribution in [-0.2, 0) is 49.7 Å². The predicted molar refractivity (Wildman–Crippen MR) is 250 cm³/mol. The summed E-state index contributed by atoms with van der Waals surface area (Å²) in [5.74, 6) is -3.50. The monoisotopic (exact) mass is 899 g/mol. The van der Waals surface area contributed by atoms with E-state index in [1.54, 1.807) is 42.9 Å². The summed E-state index contributed by atoms with van der Waals surface area (Å²) in [4.78, 5) is 96.4. The van der Waals surface area contributed by atoms with E-state index >= 15 is 0 Å². The number of nitrogens with one attached hydrogen (secondary N) is 8. The Morgan fingerprint density at radius 3 is 1.80 bits per heavy atom. The maximum absolute atomic E-state index is 14.6. The minimum absolute atomic E-state index is 0.0159. The van der Waals surface area contributed by atoms with Gasteiger partial charge >= 0.3 is 6.03 Å². The smallest absolute Gasteiger partial charge is 0.337 e. The van der Waals surface area contributed by atoms with Crippen LogP contribution in [0.2, 0.25) is 0 Å².